The van der Waals surface area contributed by atoms with E-state index in [4.69, 9.17) is 5.73 Å². The molecule has 1 unspecified atom stereocenters. The third kappa shape index (κ3) is 4.31. The number of rotatable bonds is 7. The minimum absolute atomic E-state index is 0.672. The third-order valence-corrected chi connectivity index (χ3v) is 4.18. The van der Waals surface area contributed by atoms with Crippen LogP contribution < -0.4 is 5.73 Å². The normalized spacial score (nSPS) is 13.2. The van der Waals surface area contributed by atoms with Crippen LogP contribution in [0.2, 0.25) is 0 Å². The minimum Gasteiger partial charge on any atom is -0.375 e. The quantitative estimate of drug-likeness (QED) is 0.816. The minimum atomic E-state index is 0.672. The van der Waals surface area contributed by atoms with Gasteiger partial charge in [-0.25, -0.2) is 4.98 Å². The Balaban J connectivity index is 2.36. The average molecular weight is 259 g/mol. The van der Waals surface area contributed by atoms with Crippen LogP contribution in [0.25, 0.3) is 0 Å². The van der Waals surface area contributed by atoms with Crippen LogP contribution in [0, 0.1) is 0 Å². The SMILES string of the molecule is CCC(CSC)N(C)CCc1csc(N)n1. The van der Waals surface area contributed by atoms with E-state index in [9.17, 15) is 0 Å². The van der Waals surface area contributed by atoms with Crippen LogP contribution in [0.3, 0.4) is 0 Å². The molecule has 0 amide bonds. The monoisotopic (exact) mass is 259 g/mol. The summed E-state index contributed by atoms with van der Waals surface area (Å²) in [5, 5.41) is 2.73. The van der Waals surface area contributed by atoms with Crippen LogP contribution in [-0.4, -0.2) is 41.5 Å². The van der Waals surface area contributed by atoms with Gasteiger partial charge in [0.15, 0.2) is 5.13 Å². The number of thioether (sulfide) groups is 1. The molecule has 1 rings (SSSR count). The Hall–Kier alpha value is -0.260. The molecule has 1 atom stereocenters. The van der Waals surface area contributed by atoms with Crippen LogP contribution in [-0.2, 0) is 6.42 Å². The highest BCUT2D eigenvalue weighted by Crippen LogP contribution is 2.13. The van der Waals surface area contributed by atoms with E-state index in [1.54, 1.807) is 0 Å². The van der Waals surface area contributed by atoms with Crippen molar-refractivity contribution in [3.63, 3.8) is 0 Å². The maximum absolute atomic E-state index is 5.61. The fourth-order valence-electron chi connectivity index (χ4n) is 1.66. The lowest BCUT2D eigenvalue weighted by atomic mass is 10.2. The molecule has 0 aliphatic heterocycles. The third-order valence-electron chi connectivity index (χ3n) is 2.74. The van der Waals surface area contributed by atoms with E-state index in [-0.39, 0.29) is 0 Å². The number of thiazole rings is 1. The molecule has 1 heterocycles. The van der Waals surface area contributed by atoms with E-state index in [0.717, 1.165) is 18.7 Å². The number of aromatic nitrogens is 1. The first-order valence-corrected chi connectivity index (χ1v) is 7.83. The van der Waals surface area contributed by atoms with Gasteiger partial charge in [-0.1, -0.05) is 6.92 Å². The van der Waals surface area contributed by atoms with E-state index in [1.165, 1.54) is 23.5 Å². The summed E-state index contributed by atoms with van der Waals surface area (Å²) in [5.41, 5.74) is 6.73. The van der Waals surface area contributed by atoms with E-state index in [0.29, 0.717) is 11.2 Å². The van der Waals surface area contributed by atoms with E-state index in [1.807, 2.05) is 11.8 Å². The number of nitrogen functional groups attached to an aromatic ring is 1. The summed E-state index contributed by atoms with van der Waals surface area (Å²) in [7, 11) is 2.19. The molecular weight excluding hydrogens is 238 g/mol. The van der Waals surface area contributed by atoms with E-state index < -0.39 is 0 Å². The molecule has 0 saturated carbocycles. The van der Waals surface area contributed by atoms with Gasteiger partial charge in [-0.05, 0) is 19.7 Å². The van der Waals surface area contributed by atoms with Crippen molar-refractivity contribution in [2.75, 3.05) is 31.3 Å². The lowest BCUT2D eigenvalue weighted by Gasteiger charge is -2.26. The lowest BCUT2D eigenvalue weighted by molar-refractivity contribution is 0.258. The van der Waals surface area contributed by atoms with Gasteiger partial charge >= 0.3 is 0 Å². The fraction of sp³-hybridized carbons (Fsp3) is 0.727. The molecule has 1 aromatic rings. The molecule has 0 aliphatic carbocycles. The van der Waals surface area contributed by atoms with Crippen molar-refractivity contribution in [2.24, 2.45) is 0 Å². The van der Waals surface area contributed by atoms with Gasteiger partial charge in [-0.2, -0.15) is 11.8 Å². The van der Waals surface area contributed by atoms with Gasteiger partial charge in [-0.15, -0.1) is 11.3 Å². The number of nitrogens with zero attached hydrogens (tertiary/aromatic N) is 2. The second kappa shape index (κ2) is 7.14. The second-order valence-corrected chi connectivity index (χ2v) is 5.73. The molecular formula is C11H21N3S2. The summed E-state index contributed by atoms with van der Waals surface area (Å²) >= 11 is 3.44. The van der Waals surface area contributed by atoms with Crippen LogP contribution in [0.5, 0.6) is 0 Å². The molecule has 5 heteroatoms. The average Bonchev–Trinajstić information content (AvgIpc) is 2.68. The molecule has 0 fully saturated rings. The van der Waals surface area contributed by atoms with Gasteiger partial charge in [-0.3, -0.25) is 0 Å². The Morgan fingerprint density at radius 3 is 2.88 bits per heavy atom. The zero-order valence-electron chi connectivity index (χ0n) is 10.3. The van der Waals surface area contributed by atoms with Gasteiger partial charge in [0.05, 0.1) is 5.69 Å². The predicted molar refractivity (Wildman–Crippen MR) is 75.3 cm³/mol. The smallest absolute Gasteiger partial charge is 0.180 e. The van der Waals surface area contributed by atoms with Crippen molar-refractivity contribution in [1.29, 1.82) is 0 Å². The molecule has 16 heavy (non-hydrogen) atoms. The molecule has 0 bridgehead atoms. The van der Waals surface area contributed by atoms with Crippen LogP contribution in [0.4, 0.5) is 5.13 Å². The first-order valence-electron chi connectivity index (χ1n) is 5.56. The number of anilines is 1. The van der Waals surface area contributed by atoms with Crippen molar-refractivity contribution in [1.82, 2.24) is 9.88 Å². The summed E-state index contributed by atoms with van der Waals surface area (Å²) in [4.78, 5) is 6.70. The van der Waals surface area contributed by atoms with E-state index >= 15 is 0 Å². The van der Waals surface area contributed by atoms with Crippen LogP contribution >= 0.6 is 23.1 Å². The van der Waals surface area contributed by atoms with Crippen molar-refractivity contribution in [3.8, 4) is 0 Å². The first kappa shape index (κ1) is 13.8. The fourth-order valence-corrected chi connectivity index (χ4v) is 3.13. The molecule has 0 radical (unpaired) electrons. The second-order valence-electron chi connectivity index (χ2n) is 3.93. The van der Waals surface area contributed by atoms with Crippen LogP contribution in [0.1, 0.15) is 19.0 Å². The molecule has 0 spiro atoms. The topological polar surface area (TPSA) is 42.1 Å². The first-order chi connectivity index (χ1) is 7.67. The molecule has 0 aromatic carbocycles. The summed E-state index contributed by atoms with van der Waals surface area (Å²) in [5.74, 6) is 1.20. The van der Waals surface area contributed by atoms with Gasteiger partial charge in [0.1, 0.15) is 0 Å². The molecule has 3 nitrogen and oxygen atoms in total. The van der Waals surface area contributed by atoms with Crippen molar-refractivity contribution < 1.29 is 0 Å². The highest BCUT2D eigenvalue weighted by Gasteiger charge is 2.12. The molecule has 2 N–H and O–H groups in total. The standard InChI is InChI=1S/C11H21N3S2/c1-4-10(8-15-3)14(2)6-5-9-7-16-11(12)13-9/h7,10H,4-6,8H2,1-3H3,(H2,12,13). The lowest BCUT2D eigenvalue weighted by Crippen LogP contribution is -2.34. The molecule has 0 saturated heterocycles. The van der Waals surface area contributed by atoms with E-state index in [2.05, 4.69) is 35.5 Å². The number of nitrogens with two attached hydrogens (primary N) is 1. The zero-order valence-corrected chi connectivity index (χ0v) is 11.9. The van der Waals surface area contributed by atoms with Gasteiger partial charge in [0, 0.05) is 30.1 Å². The van der Waals surface area contributed by atoms with Gasteiger partial charge in [0.25, 0.3) is 0 Å². The Morgan fingerprint density at radius 2 is 2.38 bits per heavy atom. The van der Waals surface area contributed by atoms with Crippen molar-refractivity contribution >= 4 is 28.2 Å². The Bertz CT molecular complexity index is 301. The number of hydrogen-bond donors (Lipinski definition) is 1. The maximum atomic E-state index is 5.61. The predicted octanol–water partition coefficient (Wildman–Crippen LogP) is 2.34. The summed E-state index contributed by atoms with van der Waals surface area (Å²) in [6.45, 7) is 3.31. The highest BCUT2D eigenvalue weighted by atomic mass is 32.2. The zero-order chi connectivity index (χ0) is 12.0. The summed E-state index contributed by atoms with van der Waals surface area (Å²) in [6.07, 6.45) is 4.36. The largest absolute Gasteiger partial charge is 0.375 e. The molecule has 0 aliphatic rings. The Labute approximate surface area is 106 Å². The maximum Gasteiger partial charge on any atom is 0.180 e. The summed E-state index contributed by atoms with van der Waals surface area (Å²) < 4.78 is 0. The van der Waals surface area contributed by atoms with Crippen molar-refractivity contribution in [2.45, 2.75) is 25.8 Å². The Morgan fingerprint density at radius 1 is 1.62 bits per heavy atom. The number of likely N-dealkylation sites (N-methyl/N-ethyl adjacent to an activating group) is 1. The van der Waals surface area contributed by atoms with Gasteiger partial charge in [0.2, 0.25) is 0 Å². The summed E-state index contributed by atoms with van der Waals surface area (Å²) in [6, 6.07) is 0.672. The van der Waals surface area contributed by atoms with Crippen molar-refractivity contribution in [3.05, 3.63) is 11.1 Å². The Kier molecular flexibility index (Phi) is 6.16. The van der Waals surface area contributed by atoms with Crippen LogP contribution in [0.15, 0.2) is 5.38 Å². The van der Waals surface area contributed by atoms with Gasteiger partial charge < -0.3 is 10.6 Å². The molecule has 92 valence electrons. The highest BCUT2D eigenvalue weighted by molar-refractivity contribution is 7.98. The number of hydrogen-bond acceptors (Lipinski definition) is 5. The molecule has 1 aromatic heterocycles.